The van der Waals surface area contributed by atoms with Gasteiger partial charge in [-0.15, -0.1) is 10.2 Å². The van der Waals surface area contributed by atoms with Gasteiger partial charge in [-0.3, -0.25) is 9.78 Å². The van der Waals surface area contributed by atoms with Crippen LogP contribution in [0.25, 0.3) is 11.4 Å². The molecule has 0 aliphatic heterocycles. The highest BCUT2D eigenvalue weighted by atomic mass is 35.5. The van der Waals surface area contributed by atoms with Crippen molar-refractivity contribution in [1.82, 2.24) is 19.7 Å². The van der Waals surface area contributed by atoms with Crippen LogP contribution in [0.4, 0.5) is 5.69 Å². The Bertz CT molecular complexity index is 964. The maximum absolute atomic E-state index is 12.6. The molecule has 3 aromatic rings. The summed E-state index contributed by atoms with van der Waals surface area (Å²) in [5.74, 6) is 1.16. The quantitative estimate of drug-likeness (QED) is 0.582. The fraction of sp³-hybridized carbons (Fsp3) is 0.263. The SMILES string of the molecule is CCn1c(S[C@@H](C)C(=O)Nc2ccc(OC)c(Cl)c2)nnc1-c1ccncc1. The van der Waals surface area contributed by atoms with E-state index in [0.717, 1.165) is 11.4 Å². The number of nitrogens with one attached hydrogen (secondary N) is 1. The van der Waals surface area contributed by atoms with E-state index < -0.39 is 0 Å². The van der Waals surface area contributed by atoms with Crippen molar-refractivity contribution in [3.63, 3.8) is 0 Å². The van der Waals surface area contributed by atoms with Gasteiger partial charge in [0.25, 0.3) is 0 Å². The van der Waals surface area contributed by atoms with E-state index in [0.29, 0.717) is 28.2 Å². The van der Waals surface area contributed by atoms with Crippen LogP contribution >= 0.6 is 23.4 Å². The van der Waals surface area contributed by atoms with Gasteiger partial charge in [0.05, 0.1) is 17.4 Å². The second kappa shape index (κ2) is 9.07. The number of carbonyl (C=O) groups is 1. The predicted molar refractivity (Wildman–Crippen MR) is 111 cm³/mol. The van der Waals surface area contributed by atoms with Crippen LogP contribution in [0.15, 0.2) is 47.9 Å². The first-order chi connectivity index (χ1) is 13.5. The second-order valence-electron chi connectivity index (χ2n) is 5.88. The third kappa shape index (κ3) is 4.45. The number of thioether (sulfide) groups is 1. The number of amides is 1. The summed E-state index contributed by atoms with van der Waals surface area (Å²) in [6.45, 7) is 4.53. The number of carbonyl (C=O) groups excluding carboxylic acids is 1. The molecule has 2 aromatic heterocycles. The topological polar surface area (TPSA) is 81.9 Å². The lowest BCUT2D eigenvalue weighted by Gasteiger charge is -2.13. The molecule has 0 fully saturated rings. The van der Waals surface area contributed by atoms with Crippen molar-refractivity contribution < 1.29 is 9.53 Å². The van der Waals surface area contributed by atoms with E-state index in [2.05, 4.69) is 20.5 Å². The Morgan fingerprint density at radius 1 is 1.29 bits per heavy atom. The van der Waals surface area contributed by atoms with Gasteiger partial charge in [-0.25, -0.2) is 0 Å². The fourth-order valence-electron chi connectivity index (χ4n) is 2.58. The summed E-state index contributed by atoms with van der Waals surface area (Å²) in [7, 11) is 1.54. The van der Waals surface area contributed by atoms with E-state index in [1.165, 1.54) is 11.8 Å². The molecular weight excluding hydrogens is 398 g/mol. The Morgan fingerprint density at radius 2 is 2.04 bits per heavy atom. The van der Waals surface area contributed by atoms with Crippen LogP contribution in [0.5, 0.6) is 5.75 Å². The molecule has 28 heavy (non-hydrogen) atoms. The van der Waals surface area contributed by atoms with E-state index in [4.69, 9.17) is 16.3 Å². The Kier molecular flexibility index (Phi) is 6.53. The lowest BCUT2D eigenvalue weighted by Crippen LogP contribution is -2.23. The van der Waals surface area contributed by atoms with E-state index in [1.807, 2.05) is 30.5 Å². The first-order valence-electron chi connectivity index (χ1n) is 8.68. The van der Waals surface area contributed by atoms with Crippen molar-refractivity contribution in [2.24, 2.45) is 0 Å². The third-order valence-electron chi connectivity index (χ3n) is 4.04. The van der Waals surface area contributed by atoms with Crippen LogP contribution in [0.3, 0.4) is 0 Å². The number of nitrogens with zero attached hydrogens (tertiary/aromatic N) is 4. The maximum atomic E-state index is 12.6. The van der Waals surface area contributed by atoms with Gasteiger partial charge >= 0.3 is 0 Å². The minimum atomic E-state index is -0.374. The third-order valence-corrected chi connectivity index (χ3v) is 5.42. The van der Waals surface area contributed by atoms with Gasteiger partial charge in [0, 0.05) is 30.2 Å². The number of pyridine rings is 1. The number of halogens is 1. The van der Waals surface area contributed by atoms with Gasteiger partial charge in [-0.2, -0.15) is 0 Å². The lowest BCUT2D eigenvalue weighted by molar-refractivity contribution is -0.115. The lowest BCUT2D eigenvalue weighted by atomic mass is 10.2. The first-order valence-corrected chi connectivity index (χ1v) is 9.94. The van der Waals surface area contributed by atoms with Crippen LogP contribution < -0.4 is 10.1 Å². The molecule has 9 heteroatoms. The van der Waals surface area contributed by atoms with Crippen molar-refractivity contribution in [2.45, 2.75) is 30.8 Å². The van der Waals surface area contributed by atoms with Gasteiger partial charge in [-0.05, 0) is 44.2 Å². The molecule has 1 aromatic carbocycles. The number of hydrogen-bond acceptors (Lipinski definition) is 6. The minimum Gasteiger partial charge on any atom is -0.495 e. The van der Waals surface area contributed by atoms with Crippen LogP contribution in [0, 0.1) is 0 Å². The summed E-state index contributed by atoms with van der Waals surface area (Å²) < 4.78 is 7.11. The van der Waals surface area contributed by atoms with Gasteiger partial charge < -0.3 is 14.6 Å². The molecule has 0 saturated carbocycles. The highest BCUT2D eigenvalue weighted by Crippen LogP contribution is 2.29. The van der Waals surface area contributed by atoms with E-state index >= 15 is 0 Å². The van der Waals surface area contributed by atoms with Gasteiger partial charge in [0.15, 0.2) is 11.0 Å². The molecule has 1 amide bonds. The molecule has 0 radical (unpaired) electrons. The average molecular weight is 418 g/mol. The summed E-state index contributed by atoms with van der Waals surface area (Å²) in [5, 5.41) is 12.2. The van der Waals surface area contributed by atoms with Crippen LogP contribution in [0.1, 0.15) is 13.8 Å². The summed E-state index contributed by atoms with van der Waals surface area (Å²) in [4.78, 5) is 16.6. The number of anilines is 1. The van der Waals surface area contributed by atoms with Gasteiger partial charge in [-0.1, -0.05) is 23.4 Å². The zero-order chi connectivity index (χ0) is 20.1. The average Bonchev–Trinajstić information content (AvgIpc) is 3.11. The monoisotopic (exact) mass is 417 g/mol. The molecule has 0 spiro atoms. The van der Waals surface area contributed by atoms with Crippen molar-refractivity contribution in [3.8, 4) is 17.1 Å². The maximum Gasteiger partial charge on any atom is 0.237 e. The molecule has 0 aliphatic rings. The fourth-order valence-corrected chi connectivity index (χ4v) is 3.75. The Labute approximate surface area is 172 Å². The van der Waals surface area contributed by atoms with Crippen molar-refractivity contribution in [3.05, 3.63) is 47.7 Å². The van der Waals surface area contributed by atoms with Crippen LogP contribution in [0.2, 0.25) is 5.02 Å². The molecule has 2 heterocycles. The Morgan fingerprint density at radius 3 is 2.68 bits per heavy atom. The molecule has 0 bridgehead atoms. The number of ether oxygens (including phenoxy) is 1. The molecule has 3 rings (SSSR count). The van der Waals surface area contributed by atoms with Crippen LogP contribution in [-0.2, 0) is 11.3 Å². The molecule has 0 saturated heterocycles. The number of aromatic nitrogens is 4. The Balaban J connectivity index is 1.72. The summed E-state index contributed by atoms with van der Waals surface area (Å²) in [5.41, 5.74) is 1.54. The predicted octanol–water partition coefficient (Wildman–Crippen LogP) is 4.14. The molecule has 1 atom stereocenters. The van der Waals surface area contributed by atoms with E-state index in [-0.39, 0.29) is 11.2 Å². The molecule has 7 nitrogen and oxygen atoms in total. The molecule has 146 valence electrons. The molecule has 1 N–H and O–H groups in total. The number of methoxy groups -OCH3 is 1. The standard InChI is InChI=1S/C19H20ClN5O2S/c1-4-25-17(13-7-9-21-10-8-13)23-24-19(25)28-12(2)18(26)22-14-5-6-16(27-3)15(20)11-14/h5-12H,4H2,1-3H3,(H,22,26)/t12-/m0/s1. The van der Waals surface area contributed by atoms with Gasteiger partial charge in [0.2, 0.25) is 5.91 Å². The molecular formula is C19H20ClN5O2S. The van der Waals surface area contributed by atoms with Crippen LogP contribution in [-0.4, -0.2) is 38.0 Å². The van der Waals surface area contributed by atoms with E-state index in [1.54, 1.807) is 37.7 Å². The normalized spacial score (nSPS) is 11.9. The summed E-state index contributed by atoms with van der Waals surface area (Å²) in [6.07, 6.45) is 3.43. The number of benzene rings is 1. The first kappa shape index (κ1) is 20.2. The molecule has 0 unspecified atom stereocenters. The summed E-state index contributed by atoms with van der Waals surface area (Å²) in [6, 6.07) is 8.88. The highest BCUT2D eigenvalue weighted by molar-refractivity contribution is 8.00. The summed E-state index contributed by atoms with van der Waals surface area (Å²) >= 11 is 7.47. The minimum absolute atomic E-state index is 0.151. The van der Waals surface area contributed by atoms with Gasteiger partial charge in [0.1, 0.15) is 5.75 Å². The second-order valence-corrected chi connectivity index (χ2v) is 7.60. The molecule has 0 aliphatic carbocycles. The smallest absolute Gasteiger partial charge is 0.237 e. The zero-order valence-electron chi connectivity index (χ0n) is 15.7. The van der Waals surface area contributed by atoms with Crippen molar-refractivity contribution >= 4 is 35.0 Å². The number of hydrogen-bond donors (Lipinski definition) is 1. The number of rotatable bonds is 7. The van der Waals surface area contributed by atoms with E-state index in [9.17, 15) is 4.79 Å². The highest BCUT2D eigenvalue weighted by Gasteiger charge is 2.20. The zero-order valence-corrected chi connectivity index (χ0v) is 17.3. The van der Waals surface area contributed by atoms with Crippen molar-refractivity contribution in [1.29, 1.82) is 0 Å². The Hall–Kier alpha value is -2.58. The largest absolute Gasteiger partial charge is 0.495 e. The van der Waals surface area contributed by atoms with Crippen molar-refractivity contribution in [2.75, 3.05) is 12.4 Å².